The highest BCUT2D eigenvalue weighted by molar-refractivity contribution is 5.91. The van der Waals surface area contributed by atoms with Crippen molar-refractivity contribution < 1.29 is 9.32 Å². The minimum atomic E-state index is -0.237. The lowest BCUT2D eigenvalue weighted by atomic mass is 10.1. The van der Waals surface area contributed by atoms with Gasteiger partial charge >= 0.3 is 0 Å². The molecular formula is C14H16ClN3O2. The van der Waals surface area contributed by atoms with Crippen LogP contribution in [0.3, 0.4) is 0 Å². The van der Waals surface area contributed by atoms with Crippen LogP contribution >= 0.6 is 12.4 Å². The molecule has 2 N–H and O–H groups in total. The van der Waals surface area contributed by atoms with Crippen LogP contribution in [0, 0.1) is 6.92 Å². The van der Waals surface area contributed by atoms with Crippen molar-refractivity contribution in [3.05, 3.63) is 52.4 Å². The Bertz CT molecular complexity index is 625. The largest absolute Gasteiger partial charge is 0.351 e. The number of aromatic nitrogens is 1. The Hall–Kier alpha value is -1.85. The van der Waals surface area contributed by atoms with Gasteiger partial charge in [0, 0.05) is 25.7 Å². The second-order valence-electron chi connectivity index (χ2n) is 4.72. The first kappa shape index (κ1) is 14.6. The van der Waals surface area contributed by atoms with Crippen molar-refractivity contribution in [3.8, 4) is 0 Å². The summed E-state index contributed by atoms with van der Waals surface area (Å²) in [5.41, 5.74) is 4.43. The summed E-state index contributed by atoms with van der Waals surface area (Å²) in [6, 6.07) is 7.90. The van der Waals surface area contributed by atoms with Gasteiger partial charge in [0.25, 0.3) is 5.91 Å². The Morgan fingerprint density at radius 1 is 1.35 bits per heavy atom. The van der Waals surface area contributed by atoms with Gasteiger partial charge in [-0.05, 0) is 23.6 Å². The molecule has 0 unspecified atom stereocenters. The molecule has 1 aromatic heterocycles. The van der Waals surface area contributed by atoms with Crippen LogP contribution in [0.5, 0.6) is 0 Å². The van der Waals surface area contributed by atoms with E-state index in [1.54, 1.807) is 13.0 Å². The number of carbonyl (C=O) groups excluding carboxylic acids is 1. The highest BCUT2D eigenvalue weighted by Crippen LogP contribution is 2.17. The molecule has 1 aromatic carbocycles. The lowest BCUT2D eigenvalue weighted by Crippen LogP contribution is -2.22. The van der Waals surface area contributed by atoms with Crippen molar-refractivity contribution in [1.29, 1.82) is 0 Å². The Labute approximate surface area is 123 Å². The highest BCUT2D eigenvalue weighted by Gasteiger charge is 2.13. The van der Waals surface area contributed by atoms with Crippen molar-refractivity contribution >= 4 is 18.3 Å². The van der Waals surface area contributed by atoms with Crippen LogP contribution in [0.4, 0.5) is 0 Å². The average molecular weight is 294 g/mol. The fraction of sp³-hybridized carbons (Fsp3) is 0.286. The number of fused-ring (bicyclic) bond motifs is 1. The van der Waals surface area contributed by atoms with E-state index in [0.717, 1.165) is 18.7 Å². The summed E-state index contributed by atoms with van der Waals surface area (Å²) < 4.78 is 4.92. The van der Waals surface area contributed by atoms with E-state index >= 15 is 0 Å². The summed E-state index contributed by atoms with van der Waals surface area (Å²) in [6.07, 6.45) is 0. The molecule has 20 heavy (non-hydrogen) atoms. The molecule has 1 amide bonds. The Morgan fingerprint density at radius 2 is 2.15 bits per heavy atom. The van der Waals surface area contributed by atoms with Gasteiger partial charge in [-0.1, -0.05) is 23.4 Å². The first-order valence-electron chi connectivity index (χ1n) is 6.25. The van der Waals surface area contributed by atoms with E-state index in [1.807, 2.05) is 6.07 Å². The molecule has 0 atom stereocenters. The zero-order valence-electron chi connectivity index (χ0n) is 11.1. The highest BCUT2D eigenvalue weighted by atomic mass is 35.5. The monoisotopic (exact) mass is 293 g/mol. The molecular weight excluding hydrogens is 278 g/mol. The first-order valence-corrected chi connectivity index (χ1v) is 6.25. The minimum absolute atomic E-state index is 0. The number of nitrogens with zero attached hydrogens (tertiary/aromatic N) is 1. The number of aryl methyl sites for hydroxylation is 1. The predicted molar refractivity (Wildman–Crippen MR) is 76.6 cm³/mol. The molecule has 0 spiro atoms. The van der Waals surface area contributed by atoms with Gasteiger partial charge in [-0.3, -0.25) is 4.79 Å². The van der Waals surface area contributed by atoms with Crippen LogP contribution in [0.25, 0.3) is 0 Å². The summed E-state index contributed by atoms with van der Waals surface area (Å²) in [7, 11) is 0. The smallest absolute Gasteiger partial charge is 0.290 e. The van der Waals surface area contributed by atoms with Crippen molar-refractivity contribution in [1.82, 2.24) is 15.8 Å². The van der Waals surface area contributed by atoms with Gasteiger partial charge in [0.2, 0.25) is 5.76 Å². The van der Waals surface area contributed by atoms with E-state index < -0.39 is 0 Å². The van der Waals surface area contributed by atoms with Gasteiger partial charge in [-0.2, -0.15) is 0 Å². The number of nitrogens with one attached hydrogen (secondary N) is 2. The predicted octanol–water partition coefficient (Wildman–Crippen LogP) is 1.94. The Kier molecular flexibility index (Phi) is 4.42. The maximum absolute atomic E-state index is 11.8. The van der Waals surface area contributed by atoms with Gasteiger partial charge in [-0.25, -0.2) is 0 Å². The number of halogens is 1. The van der Waals surface area contributed by atoms with Crippen molar-refractivity contribution in [2.75, 3.05) is 0 Å². The van der Waals surface area contributed by atoms with E-state index in [-0.39, 0.29) is 24.1 Å². The minimum Gasteiger partial charge on any atom is -0.351 e. The van der Waals surface area contributed by atoms with Gasteiger partial charge in [0.1, 0.15) is 0 Å². The quantitative estimate of drug-likeness (QED) is 0.907. The van der Waals surface area contributed by atoms with Crippen molar-refractivity contribution in [3.63, 3.8) is 0 Å². The third-order valence-electron chi connectivity index (χ3n) is 3.21. The molecule has 2 aromatic rings. The molecule has 0 saturated carbocycles. The molecule has 106 valence electrons. The molecule has 5 nitrogen and oxygen atoms in total. The van der Waals surface area contributed by atoms with Crippen LogP contribution in [-0.2, 0) is 19.6 Å². The van der Waals surface area contributed by atoms with E-state index in [0.29, 0.717) is 12.2 Å². The molecule has 0 saturated heterocycles. The topological polar surface area (TPSA) is 67.2 Å². The average Bonchev–Trinajstić information content (AvgIpc) is 3.03. The zero-order valence-corrected chi connectivity index (χ0v) is 11.9. The van der Waals surface area contributed by atoms with Crippen molar-refractivity contribution in [2.24, 2.45) is 0 Å². The van der Waals surface area contributed by atoms with E-state index in [4.69, 9.17) is 4.52 Å². The van der Waals surface area contributed by atoms with Gasteiger partial charge < -0.3 is 15.2 Å². The summed E-state index contributed by atoms with van der Waals surface area (Å²) in [4.78, 5) is 11.8. The van der Waals surface area contributed by atoms with Crippen LogP contribution in [0.15, 0.2) is 28.8 Å². The summed E-state index contributed by atoms with van der Waals surface area (Å²) in [6.45, 7) is 4.11. The Balaban J connectivity index is 0.00000147. The van der Waals surface area contributed by atoms with Crippen LogP contribution in [0.2, 0.25) is 0 Å². The van der Waals surface area contributed by atoms with E-state index in [9.17, 15) is 4.79 Å². The van der Waals surface area contributed by atoms with Gasteiger partial charge in [0.05, 0.1) is 5.69 Å². The van der Waals surface area contributed by atoms with E-state index in [1.165, 1.54) is 11.1 Å². The van der Waals surface area contributed by atoms with Gasteiger partial charge in [-0.15, -0.1) is 12.4 Å². The van der Waals surface area contributed by atoms with Gasteiger partial charge in [0.15, 0.2) is 0 Å². The first-order chi connectivity index (χ1) is 9.22. The molecule has 3 rings (SSSR count). The lowest BCUT2D eigenvalue weighted by molar-refractivity contribution is 0.0914. The molecule has 0 aliphatic carbocycles. The molecule has 0 fully saturated rings. The number of hydrogen-bond acceptors (Lipinski definition) is 4. The number of hydrogen-bond donors (Lipinski definition) is 2. The standard InChI is InChI=1S/C14H15N3O2.ClH/c1-9-4-13(19-17-9)14(18)16-6-10-2-3-11-7-15-8-12(11)5-10;/h2-5,15H,6-8H2,1H3,(H,16,18);1H. The number of benzene rings is 1. The van der Waals surface area contributed by atoms with Crippen LogP contribution in [-0.4, -0.2) is 11.1 Å². The maximum Gasteiger partial charge on any atom is 0.290 e. The molecule has 0 radical (unpaired) electrons. The second kappa shape index (κ2) is 6.07. The molecule has 1 aliphatic rings. The zero-order chi connectivity index (χ0) is 13.2. The molecule has 6 heteroatoms. The van der Waals surface area contributed by atoms with Crippen LogP contribution < -0.4 is 10.6 Å². The molecule has 2 heterocycles. The number of amides is 1. The second-order valence-corrected chi connectivity index (χ2v) is 4.72. The summed E-state index contributed by atoms with van der Waals surface area (Å²) in [5.74, 6) is 0.0135. The lowest BCUT2D eigenvalue weighted by Gasteiger charge is -2.05. The summed E-state index contributed by atoms with van der Waals surface area (Å²) >= 11 is 0. The Morgan fingerprint density at radius 3 is 2.90 bits per heavy atom. The normalized spacial score (nSPS) is 12.7. The van der Waals surface area contributed by atoms with Crippen LogP contribution in [0.1, 0.15) is 32.9 Å². The number of carbonyl (C=O) groups is 1. The molecule has 1 aliphatic heterocycles. The fourth-order valence-corrected chi connectivity index (χ4v) is 2.20. The SMILES string of the molecule is Cc1cc(C(=O)NCc2ccc3c(c2)CNC3)on1.Cl. The third kappa shape index (κ3) is 3.00. The fourth-order valence-electron chi connectivity index (χ4n) is 2.20. The summed E-state index contributed by atoms with van der Waals surface area (Å²) in [5, 5.41) is 9.82. The maximum atomic E-state index is 11.8. The van der Waals surface area contributed by atoms with E-state index in [2.05, 4.69) is 27.9 Å². The third-order valence-corrected chi connectivity index (χ3v) is 3.21. The number of rotatable bonds is 3. The van der Waals surface area contributed by atoms with Crippen molar-refractivity contribution in [2.45, 2.75) is 26.6 Å². The molecule has 0 bridgehead atoms.